The third kappa shape index (κ3) is 11.6. The van der Waals surface area contributed by atoms with Crippen LogP contribution in [0.25, 0.3) is 94.7 Å². The van der Waals surface area contributed by atoms with E-state index in [-0.39, 0.29) is 43.7 Å². The van der Waals surface area contributed by atoms with Gasteiger partial charge in [-0.1, -0.05) is 159 Å². The molecule has 0 saturated carbocycles. The minimum Gasteiger partial charge on any atom is 0 e. The van der Waals surface area contributed by atoms with Crippen LogP contribution >= 0.6 is 0 Å². The fourth-order valence-corrected chi connectivity index (χ4v) is 12.4. The Balaban J connectivity index is 0.000000376. The number of pyridine rings is 1. The molecule has 4 aromatic heterocycles. The maximum Gasteiger partial charge on any atom is 0 e. The van der Waals surface area contributed by atoms with E-state index in [4.69, 9.17) is 19.4 Å². The molecule has 0 amide bonds. The fraction of sp³-hybridized carbons (Fsp3) is 0.257. The summed E-state index contributed by atoms with van der Waals surface area (Å²) in [4.78, 5) is 20.0. The Morgan fingerprint density at radius 3 is 1.77 bits per heavy atom. The van der Waals surface area contributed by atoms with Crippen LogP contribution in [0, 0.1) is 17.9 Å². The third-order valence-electron chi connectivity index (χ3n) is 14.5. The standard InChI is InChI=1S/C56H55N4O.C14H15FGeN.Ir/c1-32(2)45-29-41(39-25-23-38(24-26-39)37-17-12-11-13-18-37)30-46(33(3)4)53(45)60-48-22-15-14-21-47(48)57-56(60)44-20-16-19-43-42-28-27-40(31-49(42)61-54(43)44)50-51(34(5)6)58-55(36(9)10)59-52(50)35(7)8;1-16(2,3)13-8-9-14(17-10-13)11-4-6-12(15)7-5-11;/h11-19,21-36H,1-10H3;4,6-10H,1-3H3;/q2*-1;/i32D,33D;;. The number of imidazole rings is 1. The summed E-state index contributed by atoms with van der Waals surface area (Å²) in [5.74, 6) is 6.76. The molecule has 1 radical (unpaired) electrons. The van der Waals surface area contributed by atoms with Crippen LogP contribution in [0.1, 0.15) is 130 Å². The molecule has 0 aliphatic carbocycles. The smallest absolute Gasteiger partial charge is 0 e. The molecule has 6 nitrogen and oxygen atoms in total. The molecule has 0 saturated heterocycles. The number of halogens is 1. The van der Waals surface area contributed by atoms with E-state index in [1.807, 2.05) is 70.3 Å². The quantitative estimate of drug-likeness (QED) is 0.0900. The predicted molar refractivity (Wildman–Crippen MR) is 326 cm³/mol. The van der Waals surface area contributed by atoms with E-state index < -0.39 is 25.1 Å². The minimum atomic E-state index is -1.79. The molecule has 9 heteroatoms. The van der Waals surface area contributed by atoms with Gasteiger partial charge in [-0.05, 0) is 92.9 Å². The van der Waals surface area contributed by atoms with Crippen molar-refractivity contribution in [3.63, 3.8) is 0 Å². The van der Waals surface area contributed by atoms with E-state index >= 15 is 0 Å². The van der Waals surface area contributed by atoms with Gasteiger partial charge in [0.1, 0.15) is 11.4 Å². The van der Waals surface area contributed by atoms with Crippen LogP contribution in [0.4, 0.5) is 4.39 Å². The number of nitrogens with zero attached hydrogens (tertiary/aromatic N) is 5. The second kappa shape index (κ2) is 23.5. The van der Waals surface area contributed by atoms with Crippen LogP contribution in [0.3, 0.4) is 0 Å². The van der Waals surface area contributed by atoms with Crippen molar-refractivity contribution in [1.82, 2.24) is 24.5 Å². The van der Waals surface area contributed by atoms with Gasteiger partial charge >= 0.3 is 104 Å². The van der Waals surface area contributed by atoms with E-state index in [0.717, 1.165) is 106 Å². The van der Waals surface area contributed by atoms with Crippen LogP contribution in [-0.2, 0) is 20.1 Å². The molecule has 0 aliphatic heterocycles. The van der Waals surface area contributed by atoms with Gasteiger partial charge in [0.25, 0.3) is 0 Å². The van der Waals surface area contributed by atoms with Crippen LogP contribution in [0.2, 0.25) is 17.3 Å². The van der Waals surface area contributed by atoms with Gasteiger partial charge < -0.3 is 8.98 Å². The van der Waals surface area contributed by atoms with Crippen molar-refractivity contribution in [2.45, 2.75) is 116 Å². The van der Waals surface area contributed by atoms with Gasteiger partial charge in [0, 0.05) is 45.4 Å². The third-order valence-corrected chi connectivity index (χ3v) is 18.8. The zero-order valence-corrected chi connectivity index (χ0v) is 52.1. The first-order chi connectivity index (χ1) is 38.0. The van der Waals surface area contributed by atoms with Gasteiger partial charge in [-0.3, -0.25) is 4.98 Å². The van der Waals surface area contributed by atoms with Crippen molar-refractivity contribution in [1.29, 1.82) is 0 Å². The van der Waals surface area contributed by atoms with Crippen molar-refractivity contribution >= 4 is 50.6 Å². The maximum atomic E-state index is 12.8. The topological polar surface area (TPSA) is 69.6 Å². The molecule has 0 atom stereocenters. The van der Waals surface area contributed by atoms with Crippen LogP contribution in [0.15, 0.2) is 162 Å². The number of hydrogen-bond acceptors (Lipinski definition) is 5. The Kier molecular flexibility index (Phi) is 16.1. The Hall–Kier alpha value is -6.84. The molecule has 0 fully saturated rings. The second-order valence-electron chi connectivity index (χ2n) is 22.8. The summed E-state index contributed by atoms with van der Waals surface area (Å²) in [6, 6.07) is 56.8. The van der Waals surface area contributed by atoms with Crippen LogP contribution in [-0.4, -0.2) is 37.8 Å². The Morgan fingerprint density at radius 2 is 1.20 bits per heavy atom. The summed E-state index contributed by atoms with van der Waals surface area (Å²) in [5, 5.41) is 1.95. The maximum absolute atomic E-state index is 12.8. The SMILES string of the molecule is [2H]C(C)(C)c1cc(-c2ccc(-c3ccccc3)cc2)cc(C([2H])(C)C)c1-n1c(-c2[c-]ccc3c2oc2cc(-c4c(C(C)C)nc(C(C)C)nc4C(C)C)ccc23)nc2ccccc21.[CH3][Ge]([CH3])([CH3])[c]1ccc(-c2[c-]cc(F)cc2)nc1.[Ir]. The molecule has 0 N–H and O–H groups in total. The van der Waals surface area contributed by atoms with E-state index in [1.54, 1.807) is 6.07 Å². The zero-order valence-electron chi connectivity index (χ0n) is 49.6. The molecule has 403 valence electrons. The molecule has 0 bridgehead atoms. The largest absolute Gasteiger partial charge is 0 e. The minimum absolute atomic E-state index is 0. The Bertz CT molecular complexity index is 3980. The number of hydrogen-bond donors (Lipinski definition) is 0. The Labute approximate surface area is 485 Å². The van der Waals surface area contributed by atoms with Gasteiger partial charge in [-0.2, -0.15) is 0 Å². The molecule has 11 rings (SSSR count). The molecule has 7 aromatic carbocycles. The number of furan rings is 1. The summed E-state index contributed by atoms with van der Waals surface area (Å²) in [6.07, 6.45) is 1.95. The number of para-hydroxylation sites is 2. The van der Waals surface area contributed by atoms with Gasteiger partial charge in [0.05, 0.1) is 33.8 Å². The molecule has 0 aliphatic rings. The second-order valence-corrected chi connectivity index (χ2v) is 33.5. The molecule has 0 spiro atoms. The first kappa shape index (κ1) is 54.1. The molecular weight excluding hydrogens is 1210 g/mol. The predicted octanol–water partition coefficient (Wildman–Crippen LogP) is 19.0. The fourth-order valence-electron chi connectivity index (χ4n) is 10.2. The van der Waals surface area contributed by atoms with Gasteiger partial charge in [0.15, 0.2) is 0 Å². The summed E-state index contributed by atoms with van der Waals surface area (Å²) >= 11 is -1.79. The van der Waals surface area contributed by atoms with Gasteiger partial charge in [-0.15, -0.1) is 18.2 Å². The molecule has 4 heterocycles. The van der Waals surface area contributed by atoms with E-state index in [1.165, 1.54) is 16.5 Å². The first-order valence-electron chi connectivity index (χ1n) is 28.2. The summed E-state index contributed by atoms with van der Waals surface area (Å²) in [7, 11) is 0. The average molecular weight is 1280 g/mol. The van der Waals surface area contributed by atoms with Crippen LogP contribution < -0.4 is 4.40 Å². The van der Waals surface area contributed by atoms with E-state index in [9.17, 15) is 7.13 Å². The van der Waals surface area contributed by atoms with E-state index in [2.05, 4.69) is 178 Å². The molecular formula is C70H70FGeIrN5O-2. The van der Waals surface area contributed by atoms with Crippen molar-refractivity contribution < 1.29 is 31.7 Å². The van der Waals surface area contributed by atoms with Gasteiger partial charge in [-0.25, -0.2) is 9.97 Å². The van der Waals surface area contributed by atoms with Crippen molar-refractivity contribution in [2.75, 3.05) is 0 Å². The first-order valence-corrected chi connectivity index (χ1v) is 34.6. The summed E-state index contributed by atoms with van der Waals surface area (Å²) < 4.78 is 42.6. The number of rotatable bonds is 12. The van der Waals surface area contributed by atoms with Crippen molar-refractivity contribution in [3.05, 3.63) is 204 Å². The summed E-state index contributed by atoms with van der Waals surface area (Å²) in [6.45, 7) is 20.8. The van der Waals surface area contributed by atoms with Crippen molar-refractivity contribution in [2.24, 2.45) is 0 Å². The number of benzene rings is 7. The Morgan fingerprint density at radius 1 is 0.595 bits per heavy atom. The molecule has 0 unspecified atom stereocenters. The normalized spacial score (nSPS) is 12.5. The van der Waals surface area contributed by atoms with Crippen molar-refractivity contribution in [3.8, 4) is 61.7 Å². The monoisotopic (exact) mass is 1280 g/mol. The zero-order chi connectivity index (χ0) is 57.0. The van der Waals surface area contributed by atoms with Crippen LogP contribution in [0.5, 0.6) is 0 Å². The summed E-state index contributed by atoms with van der Waals surface area (Å²) in [5.41, 5.74) is 16.3. The average Bonchev–Trinajstić information content (AvgIpc) is 4.18. The van der Waals surface area contributed by atoms with E-state index in [0.29, 0.717) is 17.0 Å². The number of aromatic nitrogens is 5. The molecule has 79 heavy (non-hydrogen) atoms. The number of fused-ring (bicyclic) bond motifs is 4. The van der Waals surface area contributed by atoms with Gasteiger partial charge in [0.2, 0.25) is 0 Å². The molecule has 11 aromatic rings.